The van der Waals surface area contributed by atoms with Gasteiger partial charge in [0, 0.05) is 19.1 Å². The maximum atomic E-state index is 13.8. The zero-order chi connectivity index (χ0) is 13.9. The molecule has 2 aliphatic rings. The number of rotatable bonds is 2. The van der Waals surface area contributed by atoms with Gasteiger partial charge in [0.25, 0.3) is 0 Å². The van der Waals surface area contributed by atoms with E-state index in [1.165, 1.54) is 32.4 Å². The summed E-state index contributed by atoms with van der Waals surface area (Å²) in [4.78, 5) is 12.3. The average Bonchev–Trinajstić information content (AvgIpc) is 2.51. The van der Waals surface area contributed by atoms with Crippen molar-refractivity contribution in [1.29, 1.82) is 0 Å². The van der Waals surface area contributed by atoms with Crippen molar-refractivity contribution in [1.82, 2.24) is 14.9 Å². The number of aromatic nitrogens is 2. The number of hydrogen-bond acceptors (Lipinski definition) is 4. The van der Waals surface area contributed by atoms with E-state index in [1.807, 2.05) is 4.90 Å². The quantitative estimate of drug-likeness (QED) is 0.786. The summed E-state index contributed by atoms with van der Waals surface area (Å²) in [6, 6.07) is 0.645. The van der Waals surface area contributed by atoms with Crippen LogP contribution in [-0.2, 0) is 0 Å². The minimum atomic E-state index is -0.383. The number of likely N-dealkylation sites (tertiary alicyclic amines) is 1. The van der Waals surface area contributed by atoms with E-state index in [9.17, 15) is 4.39 Å². The van der Waals surface area contributed by atoms with Crippen molar-refractivity contribution in [3.63, 3.8) is 0 Å². The van der Waals surface area contributed by atoms with Crippen molar-refractivity contribution in [2.24, 2.45) is 0 Å². The third-order valence-electron chi connectivity index (χ3n) is 4.37. The van der Waals surface area contributed by atoms with E-state index in [4.69, 9.17) is 11.6 Å². The minimum Gasteiger partial charge on any atom is -0.354 e. The molecule has 2 fully saturated rings. The normalized spacial score (nSPS) is 22.2. The van der Waals surface area contributed by atoms with Gasteiger partial charge in [-0.25, -0.2) is 9.37 Å². The fraction of sp³-hybridized carbons (Fsp3) is 0.714. The van der Waals surface area contributed by atoms with Gasteiger partial charge in [-0.05, 0) is 50.4 Å². The van der Waals surface area contributed by atoms with Crippen LogP contribution in [0.5, 0.6) is 0 Å². The van der Waals surface area contributed by atoms with Crippen LogP contribution in [0.2, 0.25) is 5.28 Å². The summed E-state index contributed by atoms with van der Waals surface area (Å²) in [5.41, 5.74) is 0. The monoisotopic (exact) mass is 298 g/mol. The van der Waals surface area contributed by atoms with Crippen LogP contribution in [-0.4, -0.2) is 47.1 Å². The van der Waals surface area contributed by atoms with Gasteiger partial charge in [-0.15, -0.1) is 0 Å². The van der Waals surface area contributed by atoms with Crippen LogP contribution < -0.4 is 4.90 Å². The molecule has 0 N–H and O–H groups in total. The molecule has 20 heavy (non-hydrogen) atoms. The van der Waals surface area contributed by atoms with E-state index in [1.54, 1.807) is 0 Å². The SMILES string of the molecule is Fc1cnc(Cl)nc1N1CCC(N2CCCCC2)CC1. The molecule has 3 rings (SSSR count). The number of nitrogens with zero attached hydrogens (tertiary/aromatic N) is 4. The summed E-state index contributed by atoms with van der Waals surface area (Å²) < 4.78 is 13.8. The Kier molecular flexibility index (Phi) is 4.36. The first-order chi connectivity index (χ1) is 9.74. The van der Waals surface area contributed by atoms with Crippen molar-refractivity contribution in [3.8, 4) is 0 Å². The molecule has 2 aliphatic heterocycles. The molecule has 1 aromatic heterocycles. The fourth-order valence-corrected chi connectivity index (χ4v) is 3.41. The highest BCUT2D eigenvalue weighted by molar-refractivity contribution is 6.28. The van der Waals surface area contributed by atoms with Gasteiger partial charge in [-0.3, -0.25) is 0 Å². The highest BCUT2D eigenvalue weighted by atomic mass is 35.5. The van der Waals surface area contributed by atoms with E-state index >= 15 is 0 Å². The van der Waals surface area contributed by atoms with Gasteiger partial charge in [0.1, 0.15) is 0 Å². The standard InChI is InChI=1S/C14H20ClFN4/c15-14-17-10-12(16)13(18-14)20-8-4-11(5-9-20)19-6-2-1-3-7-19/h10-11H,1-9H2. The second-order valence-electron chi connectivity index (χ2n) is 5.63. The molecule has 1 aromatic rings. The second-order valence-corrected chi connectivity index (χ2v) is 5.96. The van der Waals surface area contributed by atoms with E-state index in [-0.39, 0.29) is 11.1 Å². The van der Waals surface area contributed by atoms with E-state index in [0.29, 0.717) is 11.9 Å². The summed E-state index contributed by atoms with van der Waals surface area (Å²) in [5, 5.41) is 0.111. The summed E-state index contributed by atoms with van der Waals surface area (Å²) >= 11 is 5.76. The minimum absolute atomic E-state index is 0.111. The van der Waals surface area contributed by atoms with Gasteiger partial charge in [0.2, 0.25) is 5.28 Å². The third-order valence-corrected chi connectivity index (χ3v) is 4.55. The Morgan fingerprint density at radius 3 is 2.50 bits per heavy atom. The molecular formula is C14H20ClFN4. The van der Waals surface area contributed by atoms with Crippen LogP contribution in [0.1, 0.15) is 32.1 Å². The number of hydrogen-bond donors (Lipinski definition) is 0. The predicted octanol–water partition coefficient (Wildman–Crippen LogP) is 2.72. The van der Waals surface area contributed by atoms with Gasteiger partial charge >= 0.3 is 0 Å². The molecule has 0 amide bonds. The lowest BCUT2D eigenvalue weighted by Crippen LogP contribution is -2.47. The fourth-order valence-electron chi connectivity index (χ4n) is 3.29. The van der Waals surface area contributed by atoms with Crippen molar-refractivity contribution < 1.29 is 4.39 Å². The van der Waals surface area contributed by atoms with E-state index in [2.05, 4.69) is 14.9 Å². The highest BCUT2D eigenvalue weighted by Crippen LogP contribution is 2.25. The maximum absolute atomic E-state index is 13.8. The van der Waals surface area contributed by atoms with Gasteiger partial charge < -0.3 is 9.80 Å². The van der Waals surface area contributed by atoms with Gasteiger partial charge in [-0.2, -0.15) is 4.98 Å². The van der Waals surface area contributed by atoms with Crippen LogP contribution in [0.3, 0.4) is 0 Å². The number of piperidine rings is 2. The summed E-state index contributed by atoms with van der Waals surface area (Å²) in [6.07, 6.45) is 7.29. The van der Waals surface area contributed by atoms with Crippen molar-refractivity contribution in [2.75, 3.05) is 31.1 Å². The molecule has 0 unspecified atom stereocenters. The summed E-state index contributed by atoms with van der Waals surface area (Å²) in [6.45, 7) is 4.12. The van der Waals surface area contributed by atoms with Gasteiger partial charge in [0.05, 0.1) is 6.20 Å². The predicted molar refractivity (Wildman–Crippen MR) is 77.7 cm³/mol. The van der Waals surface area contributed by atoms with E-state index < -0.39 is 0 Å². The Morgan fingerprint density at radius 2 is 1.80 bits per heavy atom. The molecule has 0 radical (unpaired) electrons. The molecule has 0 aromatic carbocycles. The van der Waals surface area contributed by atoms with Crippen LogP contribution in [0.4, 0.5) is 10.2 Å². The zero-order valence-electron chi connectivity index (χ0n) is 11.6. The molecule has 4 nitrogen and oxygen atoms in total. The Bertz CT molecular complexity index is 456. The van der Waals surface area contributed by atoms with E-state index in [0.717, 1.165) is 32.1 Å². The van der Waals surface area contributed by atoms with Crippen LogP contribution >= 0.6 is 11.6 Å². The van der Waals surface area contributed by atoms with Gasteiger partial charge in [0.15, 0.2) is 11.6 Å². The van der Waals surface area contributed by atoms with Crippen LogP contribution in [0.15, 0.2) is 6.20 Å². The molecule has 0 saturated carbocycles. The van der Waals surface area contributed by atoms with Crippen molar-refractivity contribution >= 4 is 17.4 Å². The van der Waals surface area contributed by atoms with Gasteiger partial charge in [-0.1, -0.05) is 6.42 Å². The van der Waals surface area contributed by atoms with Crippen LogP contribution in [0.25, 0.3) is 0 Å². The number of anilines is 1. The molecule has 0 aliphatic carbocycles. The first-order valence-corrected chi connectivity index (χ1v) is 7.79. The topological polar surface area (TPSA) is 32.3 Å². The first kappa shape index (κ1) is 14.0. The largest absolute Gasteiger partial charge is 0.354 e. The molecule has 2 saturated heterocycles. The Labute approximate surface area is 123 Å². The number of halogens is 2. The van der Waals surface area contributed by atoms with Crippen molar-refractivity contribution in [3.05, 3.63) is 17.3 Å². The lowest BCUT2D eigenvalue weighted by atomic mass is 10.00. The molecule has 6 heteroatoms. The third kappa shape index (κ3) is 3.04. The first-order valence-electron chi connectivity index (χ1n) is 7.41. The summed E-state index contributed by atoms with van der Waals surface area (Å²) in [5.74, 6) is -0.0343. The molecule has 0 atom stereocenters. The zero-order valence-corrected chi connectivity index (χ0v) is 12.3. The molecule has 0 bridgehead atoms. The molecular weight excluding hydrogens is 279 g/mol. The highest BCUT2D eigenvalue weighted by Gasteiger charge is 2.27. The second kappa shape index (κ2) is 6.22. The maximum Gasteiger partial charge on any atom is 0.224 e. The smallest absolute Gasteiger partial charge is 0.224 e. The molecule has 110 valence electrons. The Hall–Kier alpha value is -0.940. The average molecular weight is 299 g/mol. The van der Waals surface area contributed by atoms with Crippen LogP contribution in [0, 0.1) is 5.82 Å². The lowest BCUT2D eigenvalue weighted by Gasteiger charge is -2.40. The summed E-state index contributed by atoms with van der Waals surface area (Å²) in [7, 11) is 0. The Morgan fingerprint density at radius 1 is 1.10 bits per heavy atom. The Balaban J connectivity index is 1.61. The van der Waals surface area contributed by atoms with Crippen molar-refractivity contribution in [2.45, 2.75) is 38.1 Å². The lowest BCUT2D eigenvalue weighted by molar-refractivity contribution is 0.141. The molecule has 0 spiro atoms. The molecule has 3 heterocycles.